The molecule has 1 aromatic rings. The van der Waals surface area contributed by atoms with Gasteiger partial charge >= 0.3 is 24.4 Å². The van der Waals surface area contributed by atoms with E-state index in [2.05, 4.69) is 0 Å². The predicted molar refractivity (Wildman–Crippen MR) is 126 cm³/mol. The second-order valence-corrected chi connectivity index (χ2v) is 7.69. The summed E-state index contributed by atoms with van der Waals surface area (Å²) in [6, 6.07) is 3.18. The highest BCUT2D eigenvalue weighted by Gasteiger charge is 2.22. The molecular weight excluding hydrogens is 478 g/mol. The lowest BCUT2D eigenvalue weighted by Crippen LogP contribution is -2.36. The van der Waals surface area contributed by atoms with E-state index >= 15 is 0 Å². The Kier molecular flexibility index (Phi) is 13.7. The summed E-state index contributed by atoms with van der Waals surface area (Å²) in [4.78, 5) is 47.5. The molecule has 0 heterocycles. The molecule has 0 spiro atoms. The van der Waals surface area contributed by atoms with Gasteiger partial charge in [-0.05, 0) is 58.2 Å². The number of esters is 1. The molecule has 0 aliphatic heterocycles. The van der Waals surface area contributed by atoms with Crippen LogP contribution in [0.2, 0.25) is 0 Å². The van der Waals surface area contributed by atoms with Crippen molar-refractivity contribution in [2.75, 3.05) is 19.8 Å². The van der Waals surface area contributed by atoms with Gasteiger partial charge in [-0.25, -0.2) is 14.4 Å². The maximum Gasteiger partial charge on any atom is 0.513 e. The fourth-order valence-electron chi connectivity index (χ4n) is 2.82. The van der Waals surface area contributed by atoms with Crippen molar-refractivity contribution in [2.45, 2.75) is 72.1 Å². The molecule has 12 nitrogen and oxygen atoms in total. The Bertz CT molecular complexity index is 874. The molecule has 0 aliphatic rings. The summed E-state index contributed by atoms with van der Waals surface area (Å²) in [6.45, 7) is 8.42. The molecule has 1 rings (SSSR count). The highest BCUT2D eigenvalue weighted by atomic mass is 16.7. The van der Waals surface area contributed by atoms with Gasteiger partial charge < -0.3 is 38.9 Å². The zero-order valence-electron chi connectivity index (χ0n) is 21.3. The number of carbonyl (C=O) groups excluding carboxylic acids is 4. The SMILES string of the molecule is CCCC(C)OC(=O)O[C@@H](C)COC(=O)[C@@H](N)Cc1ccc(OC(=O)OCC)c(OC(=O)OCC)c1. The molecule has 0 saturated carbocycles. The van der Waals surface area contributed by atoms with Crippen molar-refractivity contribution < 1.29 is 52.3 Å². The number of carbonyl (C=O) groups is 4. The van der Waals surface area contributed by atoms with Crippen LogP contribution >= 0.6 is 0 Å². The normalized spacial score (nSPS) is 12.9. The van der Waals surface area contributed by atoms with Crippen molar-refractivity contribution in [1.29, 1.82) is 0 Å². The Morgan fingerprint density at radius 2 is 1.39 bits per heavy atom. The summed E-state index contributed by atoms with van der Waals surface area (Å²) < 4.78 is 34.9. The van der Waals surface area contributed by atoms with Crippen LogP contribution in [-0.4, -0.2) is 62.5 Å². The number of nitrogens with two attached hydrogens (primary N) is 1. The first-order valence-electron chi connectivity index (χ1n) is 11.7. The second-order valence-electron chi connectivity index (χ2n) is 7.69. The third kappa shape index (κ3) is 11.7. The fraction of sp³-hybridized carbons (Fsp3) is 0.583. The van der Waals surface area contributed by atoms with Gasteiger partial charge in [-0.1, -0.05) is 19.4 Å². The smallest absolute Gasteiger partial charge is 0.461 e. The van der Waals surface area contributed by atoms with E-state index in [1.165, 1.54) is 18.2 Å². The van der Waals surface area contributed by atoms with Crippen LogP contribution in [0.4, 0.5) is 14.4 Å². The Morgan fingerprint density at radius 1 is 0.806 bits per heavy atom. The average molecular weight is 514 g/mol. The first kappa shape index (κ1) is 30.5. The zero-order valence-corrected chi connectivity index (χ0v) is 21.3. The van der Waals surface area contributed by atoms with Crippen molar-refractivity contribution >= 4 is 24.4 Å². The van der Waals surface area contributed by atoms with E-state index in [0.717, 1.165) is 6.42 Å². The van der Waals surface area contributed by atoms with Gasteiger partial charge in [-0.15, -0.1) is 0 Å². The monoisotopic (exact) mass is 513 g/mol. The molecule has 0 aliphatic carbocycles. The lowest BCUT2D eigenvalue weighted by Gasteiger charge is -2.18. The van der Waals surface area contributed by atoms with Gasteiger partial charge in [-0.2, -0.15) is 0 Å². The van der Waals surface area contributed by atoms with Gasteiger partial charge in [0, 0.05) is 0 Å². The molecule has 0 saturated heterocycles. The van der Waals surface area contributed by atoms with Crippen molar-refractivity contribution in [3.63, 3.8) is 0 Å². The summed E-state index contributed by atoms with van der Waals surface area (Å²) in [7, 11) is 0. The van der Waals surface area contributed by atoms with E-state index < -0.39 is 36.6 Å². The minimum absolute atomic E-state index is 0.00349. The van der Waals surface area contributed by atoms with Crippen LogP contribution in [-0.2, 0) is 34.9 Å². The molecule has 36 heavy (non-hydrogen) atoms. The van der Waals surface area contributed by atoms with Crippen LogP contribution in [0.5, 0.6) is 11.5 Å². The van der Waals surface area contributed by atoms with Gasteiger partial charge in [0.05, 0.1) is 13.2 Å². The number of ether oxygens (including phenoxy) is 7. The number of hydrogen-bond acceptors (Lipinski definition) is 12. The molecule has 3 atom stereocenters. The second kappa shape index (κ2) is 16.2. The minimum Gasteiger partial charge on any atom is -0.461 e. The molecule has 0 fully saturated rings. The van der Waals surface area contributed by atoms with E-state index in [0.29, 0.717) is 12.0 Å². The van der Waals surface area contributed by atoms with E-state index in [1.807, 2.05) is 6.92 Å². The number of hydrogen-bond donors (Lipinski definition) is 1. The molecule has 0 aromatic heterocycles. The van der Waals surface area contributed by atoms with Crippen LogP contribution in [0.3, 0.4) is 0 Å². The summed E-state index contributed by atoms with van der Waals surface area (Å²) in [5, 5.41) is 0. The third-order valence-corrected chi connectivity index (χ3v) is 4.43. The molecule has 202 valence electrons. The Morgan fingerprint density at radius 3 is 1.97 bits per heavy atom. The molecular formula is C24H35NO11. The zero-order chi connectivity index (χ0) is 27.1. The lowest BCUT2D eigenvalue weighted by molar-refractivity contribution is -0.148. The van der Waals surface area contributed by atoms with E-state index in [4.69, 9.17) is 38.9 Å². The van der Waals surface area contributed by atoms with Crippen molar-refractivity contribution in [2.24, 2.45) is 5.73 Å². The largest absolute Gasteiger partial charge is 0.513 e. The predicted octanol–water partition coefficient (Wildman–Crippen LogP) is 3.90. The summed E-state index contributed by atoms with van der Waals surface area (Å²) in [5.74, 6) is -0.956. The molecule has 2 N–H and O–H groups in total. The standard InChI is InChI=1S/C24H35NO11/c1-6-9-15(4)33-24(29)34-16(5)14-32-21(26)18(25)12-17-10-11-19(35-22(27)30-7-2)20(13-17)36-23(28)31-8-3/h10-11,13,15-16,18H,6-9,12,14,25H2,1-5H3/t15?,16-,18-/m0/s1. The van der Waals surface area contributed by atoms with E-state index in [9.17, 15) is 19.2 Å². The van der Waals surface area contributed by atoms with Crippen LogP contribution in [0.1, 0.15) is 53.0 Å². The minimum atomic E-state index is -1.08. The molecule has 0 radical (unpaired) electrons. The summed E-state index contributed by atoms with van der Waals surface area (Å²) in [5.41, 5.74) is 6.43. The van der Waals surface area contributed by atoms with Gasteiger partial charge in [0.2, 0.25) is 0 Å². The highest BCUT2D eigenvalue weighted by molar-refractivity contribution is 5.76. The van der Waals surface area contributed by atoms with Gasteiger partial charge in [0.1, 0.15) is 24.9 Å². The molecule has 1 aromatic carbocycles. The maximum atomic E-state index is 12.3. The maximum absolute atomic E-state index is 12.3. The Balaban J connectivity index is 2.72. The number of rotatable bonds is 13. The first-order valence-corrected chi connectivity index (χ1v) is 11.7. The van der Waals surface area contributed by atoms with E-state index in [-0.39, 0.29) is 43.8 Å². The first-order chi connectivity index (χ1) is 17.1. The third-order valence-electron chi connectivity index (χ3n) is 4.43. The van der Waals surface area contributed by atoms with Crippen LogP contribution in [0.15, 0.2) is 18.2 Å². The van der Waals surface area contributed by atoms with Gasteiger partial charge in [0.25, 0.3) is 0 Å². The summed E-state index contributed by atoms with van der Waals surface area (Å²) >= 11 is 0. The van der Waals surface area contributed by atoms with E-state index in [1.54, 1.807) is 27.7 Å². The molecule has 1 unspecified atom stereocenters. The number of benzene rings is 1. The molecule has 12 heteroatoms. The van der Waals surface area contributed by atoms with Crippen molar-refractivity contribution in [3.8, 4) is 11.5 Å². The topological polar surface area (TPSA) is 159 Å². The quantitative estimate of drug-likeness (QED) is 0.231. The lowest BCUT2D eigenvalue weighted by atomic mass is 10.1. The van der Waals surface area contributed by atoms with Crippen molar-refractivity contribution in [1.82, 2.24) is 0 Å². The van der Waals surface area contributed by atoms with Crippen LogP contribution in [0, 0.1) is 0 Å². The van der Waals surface area contributed by atoms with Gasteiger partial charge in [-0.3, -0.25) is 4.79 Å². The molecule has 0 bridgehead atoms. The van der Waals surface area contributed by atoms with Crippen LogP contribution < -0.4 is 15.2 Å². The fourth-order valence-corrected chi connectivity index (χ4v) is 2.82. The van der Waals surface area contributed by atoms with Crippen LogP contribution in [0.25, 0.3) is 0 Å². The van der Waals surface area contributed by atoms with Gasteiger partial charge in [0.15, 0.2) is 11.5 Å². The molecule has 0 amide bonds. The van der Waals surface area contributed by atoms with Crippen molar-refractivity contribution in [3.05, 3.63) is 23.8 Å². The summed E-state index contributed by atoms with van der Waals surface area (Å²) in [6.07, 6.45) is -2.30. The Hall–Kier alpha value is -3.54. The highest BCUT2D eigenvalue weighted by Crippen LogP contribution is 2.30. The average Bonchev–Trinajstić information content (AvgIpc) is 2.79. The Labute approximate surface area is 210 Å².